The van der Waals surface area contributed by atoms with Gasteiger partial charge in [-0.05, 0) is 106 Å². The Morgan fingerprint density at radius 1 is 1.00 bits per heavy atom. The summed E-state index contributed by atoms with van der Waals surface area (Å²) < 4.78 is 0. The number of hydrogen-bond acceptors (Lipinski definition) is 3. The van der Waals surface area contributed by atoms with Crippen LogP contribution in [0.5, 0.6) is 0 Å². The Hall–Kier alpha value is -0.700. The van der Waals surface area contributed by atoms with Gasteiger partial charge in [0.25, 0.3) is 0 Å². The maximum absolute atomic E-state index is 13.6. The summed E-state index contributed by atoms with van der Waals surface area (Å²) in [5, 5.41) is 0. The van der Waals surface area contributed by atoms with Gasteiger partial charge in [0.2, 0.25) is 0 Å². The number of ketones is 2. The zero-order chi connectivity index (χ0) is 19.7. The molecule has 28 heavy (non-hydrogen) atoms. The van der Waals surface area contributed by atoms with E-state index in [1.807, 2.05) is 0 Å². The van der Waals surface area contributed by atoms with Gasteiger partial charge in [0.1, 0.15) is 11.6 Å². The molecule has 4 saturated carbocycles. The number of nitrogens with zero attached hydrogens (tertiary/aromatic N) is 1. The average molecular weight is 386 g/mol. The summed E-state index contributed by atoms with van der Waals surface area (Å²) >= 11 is 0. The van der Waals surface area contributed by atoms with E-state index < -0.39 is 0 Å². The molecule has 0 spiro atoms. The predicted octanol–water partition coefficient (Wildman–Crippen LogP) is 4.88. The Bertz CT molecular complexity index is 667. The Kier molecular flexibility index (Phi) is 4.58. The highest BCUT2D eigenvalue weighted by atomic mass is 16.1. The van der Waals surface area contributed by atoms with E-state index in [9.17, 15) is 9.59 Å². The fraction of sp³-hybridized carbons (Fsp3) is 0.920. The molecule has 0 unspecified atom stereocenters. The molecule has 156 valence electrons. The van der Waals surface area contributed by atoms with Crippen molar-refractivity contribution in [2.24, 2.45) is 40.4 Å². The maximum atomic E-state index is 13.6. The minimum atomic E-state index is -0.0555. The van der Waals surface area contributed by atoms with Gasteiger partial charge in [-0.15, -0.1) is 0 Å². The van der Waals surface area contributed by atoms with E-state index >= 15 is 0 Å². The first-order valence-corrected chi connectivity index (χ1v) is 12.1. The van der Waals surface area contributed by atoms with Crippen LogP contribution in [0.2, 0.25) is 0 Å². The molecule has 0 radical (unpaired) electrons. The average Bonchev–Trinajstić information content (AvgIpc) is 3.27. The molecule has 0 aromatic heterocycles. The summed E-state index contributed by atoms with van der Waals surface area (Å²) in [4.78, 5) is 28.7. The Morgan fingerprint density at radius 3 is 2.46 bits per heavy atom. The lowest BCUT2D eigenvalue weighted by Crippen LogP contribution is -2.58. The minimum Gasteiger partial charge on any atom is -0.300 e. The molecule has 8 atom stereocenters. The molecule has 0 N–H and O–H groups in total. The number of rotatable bonds is 2. The number of hydrogen-bond donors (Lipinski definition) is 0. The molecular formula is C25H39NO2. The predicted molar refractivity (Wildman–Crippen MR) is 111 cm³/mol. The van der Waals surface area contributed by atoms with Crippen molar-refractivity contribution in [1.82, 2.24) is 4.90 Å². The normalized spacial score (nSPS) is 51.5. The zero-order valence-corrected chi connectivity index (χ0v) is 18.2. The van der Waals surface area contributed by atoms with Crippen LogP contribution in [0, 0.1) is 40.4 Å². The Labute approximate surface area is 171 Å². The number of likely N-dealkylation sites (tertiary alicyclic amines) is 1. The van der Waals surface area contributed by atoms with Gasteiger partial charge in [0.15, 0.2) is 0 Å². The van der Waals surface area contributed by atoms with Gasteiger partial charge < -0.3 is 4.90 Å². The zero-order valence-electron chi connectivity index (χ0n) is 18.2. The van der Waals surface area contributed by atoms with Gasteiger partial charge in [-0.3, -0.25) is 9.59 Å². The molecule has 5 aliphatic rings. The number of carbonyl (C=O) groups is 2. The lowest BCUT2D eigenvalue weighted by Gasteiger charge is -2.60. The second-order valence-electron chi connectivity index (χ2n) is 11.6. The van der Waals surface area contributed by atoms with Crippen molar-refractivity contribution in [3.63, 3.8) is 0 Å². The summed E-state index contributed by atoms with van der Waals surface area (Å²) in [5.41, 5.74) is 0.159. The fourth-order valence-electron chi connectivity index (χ4n) is 9.16. The van der Waals surface area contributed by atoms with E-state index in [1.165, 1.54) is 64.5 Å². The van der Waals surface area contributed by atoms with Crippen LogP contribution >= 0.6 is 0 Å². The second-order valence-corrected chi connectivity index (χ2v) is 11.6. The lowest BCUT2D eigenvalue weighted by atomic mass is 9.44. The van der Waals surface area contributed by atoms with Crippen LogP contribution in [0.1, 0.15) is 85.0 Å². The first-order valence-electron chi connectivity index (χ1n) is 12.1. The highest BCUT2D eigenvalue weighted by Crippen LogP contribution is 2.66. The third-order valence-electron chi connectivity index (χ3n) is 10.5. The second kappa shape index (κ2) is 6.65. The van der Waals surface area contributed by atoms with Crippen LogP contribution in [0.25, 0.3) is 0 Å². The van der Waals surface area contributed by atoms with Crippen LogP contribution in [0.15, 0.2) is 0 Å². The van der Waals surface area contributed by atoms with Gasteiger partial charge in [-0.2, -0.15) is 0 Å². The SMILES string of the molecule is CC(=O)[C@@H]1CC[C@@H]2[C@@H]3CC[C@H]4C[C@H](N5CCCC5)CC[C@]4(C)[C@@H]3C(=O)C[C@]21C. The smallest absolute Gasteiger partial charge is 0.137 e. The Morgan fingerprint density at radius 2 is 1.75 bits per heavy atom. The molecule has 0 amide bonds. The van der Waals surface area contributed by atoms with E-state index in [1.54, 1.807) is 6.92 Å². The molecular weight excluding hydrogens is 346 g/mol. The Balaban J connectivity index is 1.40. The van der Waals surface area contributed by atoms with Crippen molar-refractivity contribution in [1.29, 1.82) is 0 Å². The van der Waals surface area contributed by atoms with Gasteiger partial charge in [0.05, 0.1) is 0 Å². The molecule has 0 aromatic rings. The number of Topliss-reactive ketones (excluding diaryl/α,β-unsaturated/α-hetero) is 2. The topological polar surface area (TPSA) is 37.4 Å². The van der Waals surface area contributed by atoms with Crippen LogP contribution in [-0.4, -0.2) is 35.6 Å². The summed E-state index contributed by atoms with van der Waals surface area (Å²) in [6, 6.07) is 0.773. The fourth-order valence-corrected chi connectivity index (χ4v) is 9.16. The molecule has 1 saturated heterocycles. The monoisotopic (exact) mass is 385 g/mol. The summed E-state index contributed by atoms with van der Waals surface area (Å²) in [5.74, 6) is 3.10. The van der Waals surface area contributed by atoms with Crippen LogP contribution in [0.4, 0.5) is 0 Å². The number of carbonyl (C=O) groups excluding carboxylic acids is 2. The van der Waals surface area contributed by atoms with Gasteiger partial charge in [0, 0.05) is 24.3 Å². The van der Waals surface area contributed by atoms with Crippen molar-refractivity contribution in [2.75, 3.05) is 13.1 Å². The molecule has 3 nitrogen and oxygen atoms in total. The molecule has 3 heteroatoms. The highest BCUT2D eigenvalue weighted by molar-refractivity contribution is 5.87. The molecule has 5 rings (SSSR count). The van der Waals surface area contributed by atoms with Crippen LogP contribution in [-0.2, 0) is 9.59 Å². The quantitative estimate of drug-likeness (QED) is 0.680. The number of fused-ring (bicyclic) bond motifs is 5. The summed E-state index contributed by atoms with van der Waals surface area (Å²) in [6.45, 7) is 9.11. The minimum absolute atomic E-state index is 0.0555. The summed E-state index contributed by atoms with van der Waals surface area (Å²) in [7, 11) is 0. The first-order chi connectivity index (χ1) is 13.3. The van der Waals surface area contributed by atoms with Crippen molar-refractivity contribution in [3.05, 3.63) is 0 Å². The van der Waals surface area contributed by atoms with Crippen molar-refractivity contribution in [3.8, 4) is 0 Å². The van der Waals surface area contributed by atoms with E-state index in [0.29, 0.717) is 29.8 Å². The van der Waals surface area contributed by atoms with Crippen LogP contribution in [0.3, 0.4) is 0 Å². The standard InChI is InChI=1S/C25H39NO2/c1-16(27)20-8-9-21-19-7-6-17-14-18(26-12-4-5-13-26)10-11-24(17,2)23(19)22(28)15-25(20,21)3/h17-21,23H,4-15H2,1-3H3/t17-,18+,19-,20-,21+,23-,24-,25-/m0/s1. The third-order valence-corrected chi connectivity index (χ3v) is 10.5. The van der Waals surface area contributed by atoms with Crippen molar-refractivity contribution in [2.45, 2.75) is 91.0 Å². The van der Waals surface area contributed by atoms with Crippen molar-refractivity contribution >= 4 is 11.6 Å². The molecule has 1 heterocycles. The van der Waals surface area contributed by atoms with Crippen molar-refractivity contribution < 1.29 is 9.59 Å². The molecule has 0 aromatic carbocycles. The maximum Gasteiger partial charge on any atom is 0.137 e. The first kappa shape index (κ1) is 19.3. The molecule has 1 aliphatic heterocycles. The van der Waals surface area contributed by atoms with E-state index in [-0.39, 0.29) is 22.7 Å². The van der Waals surface area contributed by atoms with Gasteiger partial charge >= 0.3 is 0 Å². The molecule has 5 fully saturated rings. The van der Waals surface area contributed by atoms with E-state index in [0.717, 1.165) is 18.4 Å². The van der Waals surface area contributed by atoms with E-state index in [4.69, 9.17) is 0 Å². The molecule has 0 bridgehead atoms. The molecule has 4 aliphatic carbocycles. The lowest BCUT2D eigenvalue weighted by molar-refractivity contribution is -0.160. The summed E-state index contributed by atoms with van der Waals surface area (Å²) in [6.07, 6.45) is 12.0. The third kappa shape index (κ3) is 2.63. The van der Waals surface area contributed by atoms with Gasteiger partial charge in [-0.25, -0.2) is 0 Å². The van der Waals surface area contributed by atoms with E-state index in [2.05, 4.69) is 18.7 Å². The van der Waals surface area contributed by atoms with Gasteiger partial charge in [-0.1, -0.05) is 13.8 Å². The highest BCUT2D eigenvalue weighted by Gasteiger charge is 2.63. The largest absolute Gasteiger partial charge is 0.300 e. The van der Waals surface area contributed by atoms with Crippen LogP contribution < -0.4 is 0 Å².